The van der Waals surface area contributed by atoms with Crippen LogP contribution in [0.4, 0.5) is 0 Å². The first-order valence-electron chi connectivity index (χ1n) is 6.19. The van der Waals surface area contributed by atoms with E-state index in [2.05, 4.69) is 16.9 Å². The maximum atomic E-state index is 11.7. The van der Waals surface area contributed by atoms with Gasteiger partial charge in [0.25, 0.3) is 0 Å². The number of carbonyl (C=O) groups is 1. The van der Waals surface area contributed by atoms with Crippen LogP contribution in [-0.2, 0) is 9.53 Å². The Labute approximate surface area is 108 Å². The summed E-state index contributed by atoms with van der Waals surface area (Å²) in [4.78, 5) is 11.7. The number of hydrogen-bond acceptors (Lipinski definition) is 4. The second kappa shape index (κ2) is 7.24. The van der Waals surface area contributed by atoms with E-state index in [0.29, 0.717) is 17.9 Å². The molecule has 2 N–H and O–H groups in total. The fourth-order valence-corrected chi connectivity index (χ4v) is 2.34. The van der Waals surface area contributed by atoms with Crippen molar-refractivity contribution in [2.24, 2.45) is 0 Å². The lowest BCUT2D eigenvalue weighted by Crippen LogP contribution is -2.45. The minimum absolute atomic E-state index is 0.0815. The quantitative estimate of drug-likeness (QED) is 0.608. The number of thioether (sulfide) groups is 1. The molecular formula is C12H24N2O2S. The zero-order chi connectivity index (χ0) is 12.7. The van der Waals surface area contributed by atoms with Crippen LogP contribution in [0.1, 0.15) is 26.2 Å². The first-order chi connectivity index (χ1) is 8.13. The highest BCUT2D eigenvalue weighted by atomic mass is 32.2. The van der Waals surface area contributed by atoms with Crippen molar-refractivity contribution in [1.29, 1.82) is 0 Å². The van der Waals surface area contributed by atoms with Gasteiger partial charge in [0.05, 0.1) is 6.04 Å². The van der Waals surface area contributed by atoms with Gasteiger partial charge in [0.15, 0.2) is 0 Å². The summed E-state index contributed by atoms with van der Waals surface area (Å²) in [5.41, 5.74) is 0. The molecule has 1 amide bonds. The predicted molar refractivity (Wildman–Crippen MR) is 72.4 cm³/mol. The predicted octanol–water partition coefficient (Wildman–Crippen LogP) is 1.01. The van der Waals surface area contributed by atoms with Gasteiger partial charge in [0, 0.05) is 31.6 Å². The van der Waals surface area contributed by atoms with Crippen molar-refractivity contribution in [3.63, 3.8) is 0 Å². The van der Waals surface area contributed by atoms with Gasteiger partial charge in [0.2, 0.25) is 5.91 Å². The molecule has 1 atom stereocenters. The van der Waals surface area contributed by atoms with Gasteiger partial charge in [-0.1, -0.05) is 0 Å². The Morgan fingerprint density at radius 1 is 1.53 bits per heavy atom. The first kappa shape index (κ1) is 14.8. The van der Waals surface area contributed by atoms with Crippen LogP contribution in [-0.4, -0.2) is 49.8 Å². The second-order valence-corrected chi connectivity index (χ2v) is 5.90. The third-order valence-electron chi connectivity index (χ3n) is 3.19. The molecule has 4 nitrogen and oxygen atoms in total. The molecule has 1 aliphatic carbocycles. The average Bonchev–Trinajstić information content (AvgIpc) is 3.12. The van der Waals surface area contributed by atoms with Crippen molar-refractivity contribution in [1.82, 2.24) is 10.6 Å². The van der Waals surface area contributed by atoms with Crippen molar-refractivity contribution < 1.29 is 9.53 Å². The Kier molecular flexibility index (Phi) is 6.30. The summed E-state index contributed by atoms with van der Waals surface area (Å²) in [5.74, 6) is 0.0815. The molecule has 0 radical (unpaired) electrons. The Hall–Kier alpha value is -0.260. The Morgan fingerprint density at radius 3 is 2.76 bits per heavy atom. The van der Waals surface area contributed by atoms with E-state index in [4.69, 9.17) is 4.74 Å². The minimum Gasteiger partial charge on any atom is -0.385 e. The molecule has 0 spiro atoms. The molecule has 0 heterocycles. The molecule has 0 aromatic carbocycles. The Morgan fingerprint density at radius 2 is 2.24 bits per heavy atom. The van der Waals surface area contributed by atoms with Crippen LogP contribution < -0.4 is 10.6 Å². The number of methoxy groups -OCH3 is 1. The van der Waals surface area contributed by atoms with E-state index < -0.39 is 0 Å². The summed E-state index contributed by atoms with van der Waals surface area (Å²) in [6.45, 7) is 4.23. The number of nitrogens with one attached hydrogen (secondary N) is 2. The lowest BCUT2D eigenvalue weighted by molar-refractivity contribution is -0.122. The summed E-state index contributed by atoms with van der Waals surface area (Å²) < 4.78 is 5.34. The lowest BCUT2D eigenvalue weighted by atomic mass is 10.3. The van der Waals surface area contributed by atoms with Crippen molar-refractivity contribution in [2.45, 2.75) is 37.0 Å². The van der Waals surface area contributed by atoms with Gasteiger partial charge in [-0.2, -0.15) is 11.8 Å². The van der Waals surface area contributed by atoms with E-state index in [0.717, 1.165) is 13.0 Å². The Balaban J connectivity index is 2.09. The highest BCUT2D eigenvalue weighted by molar-refractivity contribution is 8.00. The molecule has 5 heteroatoms. The molecule has 100 valence electrons. The Bertz CT molecular complexity index is 245. The van der Waals surface area contributed by atoms with Crippen molar-refractivity contribution >= 4 is 17.7 Å². The maximum Gasteiger partial charge on any atom is 0.236 e. The molecule has 0 aliphatic heterocycles. The molecule has 1 aliphatic rings. The highest BCUT2D eigenvalue weighted by Crippen LogP contribution is 2.46. The van der Waals surface area contributed by atoms with E-state index >= 15 is 0 Å². The lowest BCUT2D eigenvalue weighted by Gasteiger charge is -2.18. The number of carbonyl (C=O) groups excluding carboxylic acids is 1. The maximum absolute atomic E-state index is 11.7. The smallest absolute Gasteiger partial charge is 0.236 e. The molecule has 0 saturated heterocycles. The fraction of sp³-hybridized carbons (Fsp3) is 0.917. The second-order valence-electron chi connectivity index (χ2n) is 4.63. The average molecular weight is 260 g/mol. The summed E-state index contributed by atoms with van der Waals surface area (Å²) >= 11 is 1.91. The molecule has 0 aromatic heterocycles. The zero-order valence-electron chi connectivity index (χ0n) is 11.0. The normalized spacial score (nSPS) is 18.8. The topological polar surface area (TPSA) is 50.4 Å². The molecule has 1 saturated carbocycles. The van der Waals surface area contributed by atoms with Crippen LogP contribution in [0.3, 0.4) is 0 Å². The van der Waals surface area contributed by atoms with Crippen LogP contribution in [0, 0.1) is 0 Å². The molecule has 0 bridgehead atoms. The molecule has 17 heavy (non-hydrogen) atoms. The molecule has 1 unspecified atom stereocenters. The van der Waals surface area contributed by atoms with Gasteiger partial charge in [-0.05, 0) is 32.4 Å². The van der Waals surface area contributed by atoms with Gasteiger partial charge in [0.1, 0.15) is 0 Å². The van der Waals surface area contributed by atoms with Crippen LogP contribution in [0.25, 0.3) is 0 Å². The molecule has 1 rings (SSSR count). The van der Waals surface area contributed by atoms with E-state index in [1.165, 1.54) is 12.8 Å². The minimum atomic E-state index is -0.109. The SMILES string of the molecule is COCCCNC(=O)C(C)NCC1(SC)CC1. The standard InChI is InChI=1S/C12H24N2O2S/c1-10(11(15)13-7-4-8-16-2)14-9-12(17-3)5-6-12/h10,14H,4-9H2,1-3H3,(H,13,15). The highest BCUT2D eigenvalue weighted by Gasteiger charge is 2.41. The van der Waals surface area contributed by atoms with E-state index in [1.807, 2.05) is 18.7 Å². The van der Waals surface area contributed by atoms with E-state index in [1.54, 1.807) is 7.11 Å². The number of amides is 1. The van der Waals surface area contributed by atoms with Gasteiger partial charge in [-0.15, -0.1) is 0 Å². The number of ether oxygens (including phenoxy) is 1. The van der Waals surface area contributed by atoms with E-state index in [-0.39, 0.29) is 11.9 Å². The van der Waals surface area contributed by atoms with E-state index in [9.17, 15) is 4.79 Å². The third kappa shape index (κ3) is 5.27. The van der Waals surface area contributed by atoms with Gasteiger partial charge in [-0.3, -0.25) is 4.79 Å². The molecule has 1 fully saturated rings. The summed E-state index contributed by atoms with van der Waals surface area (Å²) in [5, 5.41) is 6.22. The summed E-state index contributed by atoms with van der Waals surface area (Å²) in [6, 6.07) is -0.109. The molecular weight excluding hydrogens is 236 g/mol. The zero-order valence-corrected chi connectivity index (χ0v) is 11.9. The number of rotatable bonds is 9. The number of hydrogen-bond donors (Lipinski definition) is 2. The van der Waals surface area contributed by atoms with Gasteiger partial charge in [-0.25, -0.2) is 0 Å². The van der Waals surface area contributed by atoms with Crippen LogP contribution in [0.2, 0.25) is 0 Å². The van der Waals surface area contributed by atoms with Crippen molar-refractivity contribution in [2.75, 3.05) is 33.1 Å². The van der Waals surface area contributed by atoms with Gasteiger partial charge >= 0.3 is 0 Å². The monoisotopic (exact) mass is 260 g/mol. The first-order valence-corrected chi connectivity index (χ1v) is 7.41. The van der Waals surface area contributed by atoms with Crippen LogP contribution in [0.15, 0.2) is 0 Å². The molecule has 0 aromatic rings. The van der Waals surface area contributed by atoms with Crippen LogP contribution in [0.5, 0.6) is 0 Å². The van der Waals surface area contributed by atoms with Crippen molar-refractivity contribution in [3.05, 3.63) is 0 Å². The largest absolute Gasteiger partial charge is 0.385 e. The van der Waals surface area contributed by atoms with Crippen LogP contribution >= 0.6 is 11.8 Å². The third-order valence-corrected chi connectivity index (χ3v) is 4.61. The fourth-order valence-electron chi connectivity index (χ4n) is 1.61. The summed E-state index contributed by atoms with van der Waals surface area (Å²) in [7, 11) is 1.67. The van der Waals surface area contributed by atoms with Crippen molar-refractivity contribution in [3.8, 4) is 0 Å². The summed E-state index contributed by atoms with van der Waals surface area (Å²) in [6.07, 6.45) is 5.54. The van der Waals surface area contributed by atoms with Gasteiger partial charge < -0.3 is 15.4 Å².